The molecule has 6 heteroatoms. The van der Waals surface area contributed by atoms with Gasteiger partial charge in [-0.15, -0.1) is 0 Å². The topological polar surface area (TPSA) is 72.5 Å². The van der Waals surface area contributed by atoms with E-state index in [1.807, 2.05) is 4.57 Å². The Bertz CT molecular complexity index is 524. The first kappa shape index (κ1) is 9.14. The van der Waals surface area contributed by atoms with Gasteiger partial charge in [-0.2, -0.15) is 0 Å². The lowest BCUT2D eigenvalue weighted by atomic mass is 10.4. The molecule has 0 aliphatic heterocycles. The summed E-state index contributed by atoms with van der Waals surface area (Å²) in [6, 6.07) is 0.312. The predicted molar refractivity (Wildman–Crippen MR) is 57.5 cm³/mol. The van der Waals surface area contributed by atoms with E-state index >= 15 is 0 Å². The number of hydrogen-bond donors (Lipinski definition) is 2. The number of anilines is 1. The van der Waals surface area contributed by atoms with Crippen molar-refractivity contribution in [2.24, 2.45) is 0 Å². The van der Waals surface area contributed by atoms with Gasteiger partial charge in [0.1, 0.15) is 11.2 Å². The molecule has 0 bridgehead atoms. The maximum absolute atomic E-state index is 5.58. The van der Waals surface area contributed by atoms with Gasteiger partial charge in [0.2, 0.25) is 0 Å². The summed E-state index contributed by atoms with van der Waals surface area (Å²) in [4.78, 5) is 11.1. The Morgan fingerprint density at radius 3 is 2.93 bits per heavy atom. The minimum Gasteiger partial charge on any atom is -0.369 e. The van der Waals surface area contributed by atoms with Crippen molar-refractivity contribution in [2.45, 2.75) is 19.9 Å². The summed E-state index contributed by atoms with van der Waals surface area (Å²) in [7, 11) is 0. The van der Waals surface area contributed by atoms with Crippen LogP contribution in [0.3, 0.4) is 0 Å². The Labute approximate surface area is 86.0 Å². The van der Waals surface area contributed by atoms with Crippen LogP contribution in [-0.4, -0.2) is 19.5 Å². The number of nitrogen functional groups attached to an aromatic ring is 1. The molecule has 5 nitrogen and oxygen atoms in total. The Kier molecular flexibility index (Phi) is 1.99. The van der Waals surface area contributed by atoms with E-state index in [2.05, 4.69) is 28.8 Å². The summed E-state index contributed by atoms with van der Waals surface area (Å²) in [6.45, 7) is 4.13. The van der Waals surface area contributed by atoms with E-state index in [0.29, 0.717) is 22.1 Å². The Balaban J connectivity index is 2.85. The van der Waals surface area contributed by atoms with Crippen LogP contribution in [0.5, 0.6) is 0 Å². The molecule has 2 heterocycles. The molecule has 14 heavy (non-hydrogen) atoms. The van der Waals surface area contributed by atoms with Crippen molar-refractivity contribution >= 4 is 29.3 Å². The fourth-order valence-electron chi connectivity index (χ4n) is 1.34. The molecule has 0 fully saturated rings. The van der Waals surface area contributed by atoms with Crippen molar-refractivity contribution < 1.29 is 0 Å². The number of rotatable bonds is 1. The Morgan fingerprint density at radius 2 is 2.29 bits per heavy atom. The zero-order chi connectivity index (χ0) is 10.3. The third-order valence-corrected chi connectivity index (χ3v) is 2.31. The third kappa shape index (κ3) is 1.27. The van der Waals surface area contributed by atoms with Crippen LogP contribution in [0.2, 0.25) is 0 Å². The largest absolute Gasteiger partial charge is 0.369 e. The highest BCUT2D eigenvalue weighted by Crippen LogP contribution is 2.16. The molecule has 2 aromatic rings. The van der Waals surface area contributed by atoms with Gasteiger partial charge in [0.15, 0.2) is 10.6 Å². The molecule has 3 N–H and O–H groups in total. The average molecular weight is 209 g/mol. The number of nitrogens with zero attached hydrogens (tertiary/aromatic N) is 3. The fraction of sp³-hybridized carbons (Fsp3) is 0.375. The number of imidazole rings is 1. The second-order valence-electron chi connectivity index (χ2n) is 3.37. The Hall–Kier alpha value is -1.43. The molecule has 0 radical (unpaired) electrons. The summed E-state index contributed by atoms with van der Waals surface area (Å²) >= 11 is 5.05. The van der Waals surface area contributed by atoms with Gasteiger partial charge in [-0.1, -0.05) is 12.2 Å². The average Bonchev–Trinajstić information content (AvgIpc) is 2.47. The van der Waals surface area contributed by atoms with Gasteiger partial charge in [0.05, 0.1) is 6.33 Å². The molecule has 0 aromatic carbocycles. The first-order valence-corrected chi connectivity index (χ1v) is 4.72. The molecule has 0 atom stereocenters. The van der Waals surface area contributed by atoms with E-state index in [0.717, 1.165) is 5.65 Å². The van der Waals surface area contributed by atoms with Crippen LogP contribution in [-0.2, 0) is 0 Å². The van der Waals surface area contributed by atoms with Gasteiger partial charge < -0.3 is 15.3 Å². The molecule has 0 saturated heterocycles. The summed E-state index contributed by atoms with van der Waals surface area (Å²) < 4.78 is 2.42. The van der Waals surface area contributed by atoms with Crippen LogP contribution >= 0.6 is 12.2 Å². The lowest BCUT2D eigenvalue weighted by molar-refractivity contribution is 0.613. The molecule has 0 unspecified atom stereocenters. The molecule has 0 spiro atoms. The molecule has 0 aliphatic carbocycles. The van der Waals surface area contributed by atoms with E-state index in [1.165, 1.54) is 0 Å². The molecular formula is C8H11N5S. The quantitative estimate of drug-likeness (QED) is 0.700. The van der Waals surface area contributed by atoms with E-state index in [1.54, 1.807) is 6.33 Å². The van der Waals surface area contributed by atoms with Gasteiger partial charge in [-0.3, -0.25) is 0 Å². The summed E-state index contributed by atoms with van der Waals surface area (Å²) in [5.74, 6) is 0.324. The first-order chi connectivity index (χ1) is 6.59. The van der Waals surface area contributed by atoms with Crippen molar-refractivity contribution in [1.29, 1.82) is 0 Å². The summed E-state index contributed by atoms with van der Waals surface area (Å²) in [5, 5.41) is 0. The van der Waals surface area contributed by atoms with Gasteiger partial charge in [-0.05, 0) is 13.8 Å². The lowest BCUT2D eigenvalue weighted by Gasteiger charge is -2.07. The number of H-pyrrole nitrogens is 1. The molecule has 2 rings (SSSR count). The zero-order valence-corrected chi connectivity index (χ0v) is 8.80. The SMILES string of the molecule is CC(C)n1cnc2c(=S)nc(N)[nH]c21. The number of nitrogens with one attached hydrogen (secondary N) is 1. The minimum atomic E-state index is 0.312. The molecule has 74 valence electrons. The molecule has 2 aromatic heterocycles. The highest BCUT2D eigenvalue weighted by Gasteiger charge is 2.08. The van der Waals surface area contributed by atoms with E-state index < -0.39 is 0 Å². The van der Waals surface area contributed by atoms with Crippen molar-refractivity contribution in [1.82, 2.24) is 19.5 Å². The van der Waals surface area contributed by atoms with Crippen LogP contribution in [0.1, 0.15) is 19.9 Å². The van der Waals surface area contributed by atoms with Crippen molar-refractivity contribution in [3.63, 3.8) is 0 Å². The maximum Gasteiger partial charge on any atom is 0.200 e. The third-order valence-electron chi connectivity index (χ3n) is 2.02. The zero-order valence-electron chi connectivity index (χ0n) is 7.98. The van der Waals surface area contributed by atoms with Crippen LogP contribution < -0.4 is 5.73 Å². The van der Waals surface area contributed by atoms with Gasteiger partial charge in [-0.25, -0.2) is 9.97 Å². The van der Waals surface area contributed by atoms with Gasteiger partial charge in [0.25, 0.3) is 0 Å². The summed E-state index contributed by atoms with van der Waals surface area (Å²) in [5.41, 5.74) is 7.11. The lowest BCUT2D eigenvalue weighted by Crippen LogP contribution is -2.02. The molecule has 0 saturated carbocycles. The highest BCUT2D eigenvalue weighted by atomic mass is 32.1. The molecular weight excluding hydrogens is 198 g/mol. The van der Waals surface area contributed by atoms with Crippen LogP contribution in [0.15, 0.2) is 6.33 Å². The van der Waals surface area contributed by atoms with Crippen LogP contribution in [0.25, 0.3) is 11.2 Å². The molecule has 0 amide bonds. The van der Waals surface area contributed by atoms with E-state index in [4.69, 9.17) is 18.0 Å². The standard InChI is InChI=1S/C8H11N5S/c1-4(2)13-3-10-5-6(13)11-8(9)12-7(5)14/h3-4H,1-2H3,(H3,9,11,12,14). The van der Waals surface area contributed by atoms with Crippen molar-refractivity contribution in [3.05, 3.63) is 11.0 Å². The Morgan fingerprint density at radius 1 is 1.57 bits per heavy atom. The second-order valence-corrected chi connectivity index (χ2v) is 3.76. The van der Waals surface area contributed by atoms with Crippen LogP contribution in [0, 0.1) is 4.64 Å². The first-order valence-electron chi connectivity index (χ1n) is 4.32. The van der Waals surface area contributed by atoms with Gasteiger partial charge >= 0.3 is 0 Å². The van der Waals surface area contributed by atoms with E-state index in [-0.39, 0.29) is 0 Å². The highest BCUT2D eigenvalue weighted by molar-refractivity contribution is 7.71. The van der Waals surface area contributed by atoms with Crippen molar-refractivity contribution in [2.75, 3.05) is 5.73 Å². The second kappa shape index (κ2) is 3.06. The number of fused-ring (bicyclic) bond motifs is 1. The predicted octanol–water partition coefficient (Wildman–Crippen LogP) is 1.65. The number of hydrogen-bond acceptors (Lipinski definition) is 4. The fourth-order valence-corrected chi connectivity index (χ4v) is 1.59. The monoisotopic (exact) mass is 209 g/mol. The number of aromatic nitrogens is 4. The normalized spacial score (nSPS) is 11.4. The van der Waals surface area contributed by atoms with Crippen molar-refractivity contribution in [3.8, 4) is 0 Å². The maximum atomic E-state index is 5.58. The van der Waals surface area contributed by atoms with Crippen LogP contribution in [0.4, 0.5) is 5.95 Å². The van der Waals surface area contributed by atoms with E-state index in [9.17, 15) is 0 Å². The summed E-state index contributed by atoms with van der Waals surface area (Å²) in [6.07, 6.45) is 1.74. The minimum absolute atomic E-state index is 0.312. The number of aromatic amines is 1. The smallest absolute Gasteiger partial charge is 0.200 e. The van der Waals surface area contributed by atoms with Gasteiger partial charge in [0, 0.05) is 6.04 Å². The molecule has 0 aliphatic rings. The number of nitrogens with two attached hydrogens (primary N) is 1.